The topological polar surface area (TPSA) is 70.8 Å². The number of carboxylic acids is 1. The lowest BCUT2D eigenvalue weighted by molar-refractivity contribution is 0.0652. The summed E-state index contributed by atoms with van der Waals surface area (Å²) in [5.74, 6) is -1.61. The monoisotopic (exact) mass is 211 g/mol. The van der Waals surface area contributed by atoms with E-state index in [0.29, 0.717) is 13.1 Å². The van der Waals surface area contributed by atoms with Gasteiger partial charge >= 0.3 is 5.97 Å². The van der Waals surface area contributed by atoms with Gasteiger partial charge in [0, 0.05) is 13.1 Å². The summed E-state index contributed by atoms with van der Waals surface area (Å²) in [6.45, 7) is 4.84. The molecule has 1 N–H and O–H groups in total. The van der Waals surface area contributed by atoms with Crippen LogP contribution in [0.15, 0.2) is 16.5 Å². The molecule has 0 atom stereocenters. The van der Waals surface area contributed by atoms with E-state index in [1.807, 2.05) is 13.8 Å². The van der Waals surface area contributed by atoms with Crippen molar-refractivity contribution in [3.63, 3.8) is 0 Å². The number of rotatable bonds is 4. The van der Waals surface area contributed by atoms with Crippen LogP contribution in [0.1, 0.15) is 35.0 Å². The maximum absolute atomic E-state index is 11.7. The zero-order valence-corrected chi connectivity index (χ0v) is 8.69. The van der Waals surface area contributed by atoms with Crippen molar-refractivity contribution in [1.82, 2.24) is 4.90 Å². The van der Waals surface area contributed by atoms with Crippen molar-refractivity contribution in [3.05, 3.63) is 23.7 Å². The first-order valence-corrected chi connectivity index (χ1v) is 4.72. The van der Waals surface area contributed by atoms with Crippen molar-refractivity contribution < 1.29 is 19.1 Å². The van der Waals surface area contributed by atoms with Crippen LogP contribution in [-0.4, -0.2) is 35.0 Å². The van der Waals surface area contributed by atoms with Crippen LogP contribution in [0.4, 0.5) is 0 Å². The van der Waals surface area contributed by atoms with E-state index in [1.165, 1.54) is 12.1 Å². The lowest BCUT2D eigenvalue weighted by Crippen LogP contribution is -2.30. The second-order valence-corrected chi connectivity index (χ2v) is 2.95. The minimum absolute atomic E-state index is 0.0658. The molecule has 0 unspecified atom stereocenters. The molecule has 0 fully saturated rings. The summed E-state index contributed by atoms with van der Waals surface area (Å²) in [5.41, 5.74) is 0. The summed E-state index contributed by atoms with van der Waals surface area (Å²) >= 11 is 0. The first-order valence-electron chi connectivity index (χ1n) is 4.72. The zero-order valence-electron chi connectivity index (χ0n) is 8.69. The Morgan fingerprint density at radius 1 is 1.27 bits per heavy atom. The smallest absolute Gasteiger partial charge is 0.371 e. The Kier molecular flexibility index (Phi) is 3.49. The highest BCUT2D eigenvalue weighted by atomic mass is 16.4. The van der Waals surface area contributed by atoms with Gasteiger partial charge in [-0.25, -0.2) is 4.79 Å². The fourth-order valence-electron chi connectivity index (χ4n) is 1.23. The largest absolute Gasteiger partial charge is 0.475 e. The molecule has 1 aromatic rings. The van der Waals surface area contributed by atoms with Gasteiger partial charge in [-0.2, -0.15) is 0 Å². The minimum atomic E-state index is -1.17. The van der Waals surface area contributed by atoms with E-state index < -0.39 is 5.97 Å². The molecule has 1 rings (SSSR count). The van der Waals surface area contributed by atoms with Gasteiger partial charge in [0.2, 0.25) is 5.76 Å². The molecular formula is C10H13NO4. The molecule has 0 aromatic carbocycles. The number of nitrogens with zero attached hydrogens (tertiary/aromatic N) is 1. The van der Waals surface area contributed by atoms with Gasteiger partial charge in [0.05, 0.1) is 0 Å². The Hall–Kier alpha value is -1.78. The van der Waals surface area contributed by atoms with Gasteiger partial charge in [-0.15, -0.1) is 0 Å². The van der Waals surface area contributed by atoms with Crippen LogP contribution in [-0.2, 0) is 0 Å². The fourth-order valence-corrected chi connectivity index (χ4v) is 1.23. The molecule has 0 aliphatic heterocycles. The summed E-state index contributed by atoms with van der Waals surface area (Å²) in [7, 11) is 0. The highest BCUT2D eigenvalue weighted by Crippen LogP contribution is 2.10. The Labute approximate surface area is 87.3 Å². The van der Waals surface area contributed by atoms with Gasteiger partial charge in [0.25, 0.3) is 5.91 Å². The Morgan fingerprint density at radius 2 is 1.80 bits per heavy atom. The van der Waals surface area contributed by atoms with Crippen molar-refractivity contribution in [3.8, 4) is 0 Å². The lowest BCUT2D eigenvalue weighted by Gasteiger charge is -2.16. The summed E-state index contributed by atoms with van der Waals surface area (Å²) in [5, 5.41) is 8.61. The van der Waals surface area contributed by atoms with E-state index >= 15 is 0 Å². The predicted molar refractivity (Wildman–Crippen MR) is 52.9 cm³/mol. The van der Waals surface area contributed by atoms with Gasteiger partial charge < -0.3 is 14.4 Å². The van der Waals surface area contributed by atoms with E-state index in [4.69, 9.17) is 9.52 Å². The van der Waals surface area contributed by atoms with Crippen LogP contribution >= 0.6 is 0 Å². The third-order valence-corrected chi connectivity index (χ3v) is 2.08. The molecule has 1 heterocycles. The minimum Gasteiger partial charge on any atom is -0.475 e. The van der Waals surface area contributed by atoms with Crippen molar-refractivity contribution in [2.45, 2.75) is 13.8 Å². The highest BCUT2D eigenvalue weighted by molar-refractivity contribution is 5.93. The van der Waals surface area contributed by atoms with E-state index in [2.05, 4.69) is 0 Å². The molecular weight excluding hydrogens is 198 g/mol. The highest BCUT2D eigenvalue weighted by Gasteiger charge is 2.18. The van der Waals surface area contributed by atoms with E-state index in [1.54, 1.807) is 4.90 Å². The molecule has 82 valence electrons. The van der Waals surface area contributed by atoms with E-state index in [9.17, 15) is 9.59 Å². The number of hydrogen-bond acceptors (Lipinski definition) is 3. The number of aromatic carboxylic acids is 1. The van der Waals surface area contributed by atoms with Crippen LogP contribution < -0.4 is 0 Å². The van der Waals surface area contributed by atoms with Gasteiger partial charge in [0.1, 0.15) is 0 Å². The molecule has 0 bridgehead atoms. The number of amides is 1. The quantitative estimate of drug-likeness (QED) is 0.818. The second kappa shape index (κ2) is 4.63. The second-order valence-electron chi connectivity index (χ2n) is 2.95. The average molecular weight is 211 g/mol. The first-order chi connectivity index (χ1) is 7.10. The van der Waals surface area contributed by atoms with Crippen LogP contribution in [0.25, 0.3) is 0 Å². The predicted octanol–water partition coefficient (Wildman–Crippen LogP) is 1.46. The molecule has 1 amide bonds. The van der Waals surface area contributed by atoms with E-state index in [0.717, 1.165) is 0 Å². The van der Waals surface area contributed by atoms with Crippen LogP contribution in [0.3, 0.4) is 0 Å². The molecule has 5 nitrogen and oxygen atoms in total. The molecule has 15 heavy (non-hydrogen) atoms. The molecule has 0 saturated carbocycles. The van der Waals surface area contributed by atoms with Gasteiger partial charge in [-0.05, 0) is 26.0 Å². The number of carbonyl (C=O) groups excluding carboxylic acids is 1. The maximum Gasteiger partial charge on any atom is 0.371 e. The fraction of sp³-hybridized carbons (Fsp3) is 0.400. The van der Waals surface area contributed by atoms with Crippen molar-refractivity contribution in [1.29, 1.82) is 0 Å². The SMILES string of the molecule is CCN(CC)C(=O)c1ccc(C(=O)O)o1. The normalized spacial score (nSPS) is 10.0. The first kappa shape index (κ1) is 11.3. The van der Waals surface area contributed by atoms with E-state index in [-0.39, 0.29) is 17.4 Å². The number of carboxylic acid groups (broad SMARTS) is 1. The van der Waals surface area contributed by atoms with Crippen molar-refractivity contribution >= 4 is 11.9 Å². The summed E-state index contributed by atoms with van der Waals surface area (Å²) in [6.07, 6.45) is 0. The van der Waals surface area contributed by atoms with Crippen molar-refractivity contribution in [2.24, 2.45) is 0 Å². The Balaban J connectivity index is 2.86. The van der Waals surface area contributed by atoms with Gasteiger partial charge in [0.15, 0.2) is 5.76 Å². The Morgan fingerprint density at radius 3 is 2.20 bits per heavy atom. The summed E-state index contributed by atoms with van der Waals surface area (Å²) < 4.78 is 4.90. The summed E-state index contributed by atoms with van der Waals surface area (Å²) in [4.78, 5) is 23.8. The van der Waals surface area contributed by atoms with Crippen LogP contribution in [0.2, 0.25) is 0 Å². The summed E-state index contributed by atoms with van der Waals surface area (Å²) in [6, 6.07) is 2.66. The molecule has 0 spiro atoms. The number of furan rings is 1. The molecule has 5 heteroatoms. The number of hydrogen-bond donors (Lipinski definition) is 1. The maximum atomic E-state index is 11.7. The molecule has 0 saturated heterocycles. The molecule has 0 aliphatic carbocycles. The van der Waals surface area contributed by atoms with Gasteiger partial charge in [-0.3, -0.25) is 4.79 Å². The molecule has 0 radical (unpaired) electrons. The average Bonchev–Trinajstić information content (AvgIpc) is 2.68. The molecule has 1 aromatic heterocycles. The van der Waals surface area contributed by atoms with Gasteiger partial charge in [-0.1, -0.05) is 0 Å². The molecule has 0 aliphatic rings. The Bertz CT molecular complexity index is 365. The lowest BCUT2D eigenvalue weighted by atomic mass is 10.3. The standard InChI is InChI=1S/C10H13NO4/c1-3-11(4-2)9(12)7-5-6-8(15-7)10(13)14/h5-6H,3-4H2,1-2H3,(H,13,14). The van der Waals surface area contributed by atoms with Crippen LogP contribution in [0, 0.1) is 0 Å². The van der Waals surface area contributed by atoms with Crippen molar-refractivity contribution in [2.75, 3.05) is 13.1 Å². The zero-order chi connectivity index (χ0) is 11.4. The van der Waals surface area contributed by atoms with Crippen LogP contribution in [0.5, 0.6) is 0 Å². The third-order valence-electron chi connectivity index (χ3n) is 2.08. The number of carbonyl (C=O) groups is 2. The third kappa shape index (κ3) is 2.37.